The Balaban J connectivity index is 1.80. The van der Waals surface area contributed by atoms with Crippen LogP contribution in [0.15, 0.2) is 18.2 Å². The molecule has 0 saturated heterocycles. The first kappa shape index (κ1) is 13.9. The molecular weight excluding hydrogens is 274 g/mol. The van der Waals surface area contributed by atoms with Crippen molar-refractivity contribution in [2.75, 3.05) is 13.7 Å². The summed E-state index contributed by atoms with van der Waals surface area (Å²) in [6.45, 7) is 0.724. The number of rotatable bonds is 4. The standard InChI is InChI=1S/C16H20ClNO2/c1-20-16(6-2-7-16)10-14(17)12-4-3-11-5-8-18-15(19)13(11)9-12/h3-4,9,14H,2,5-8,10H2,1H3,(H,18,19). The summed E-state index contributed by atoms with van der Waals surface area (Å²) in [5, 5.41) is 2.78. The number of fused-ring (bicyclic) bond motifs is 1. The van der Waals surface area contributed by atoms with Crippen LogP contribution in [0.5, 0.6) is 0 Å². The Bertz CT molecular complexity index is 520. The molecule has 1 N–H and O–H groups in total. The lowest BCUT2D eigenvalue weighted by Crippen LogP contribution is -2.40. The average Bonchev–Trinajstić information content (AvgIpc) is 2.43. The van der Waals surface area contributed by atoms with Crippen LogP contribution in [-0.2, 0) is 11.2 Å². The molecule has 1 aliphatic heterocycles. The van der Waals surface area contributed by atoms with Crippen molar-refractivity contribution in [2.45, 2.75) is 43.1 Å². The molecular formula is C16H20ClNO2. The summed E-state index contributed by atoms with van der Waals surface area (Å²) >= 11 is 6.56. The Morgan fingerprint density at radius 3 is 2.90 bits per heavy atom. The van der Waals surface area contributed by atoms with Crippen LogP contribution in [0.2, 0.25) is 0 Å². The first-order valence-corrected chi connectivity index (χ1v) is 7.67. The van der Waals surface area contributed by atoms with E-state index in [1.54, 1.807) is 7.11 Å². The molecule has 4 heteroatoms. The van der Waals surface area contributed by atoms with E-state index in [0.717, 1.165) is 48.9 Å². The first-order chi connectivity index (χ1) is 9.63. The van der Waals surface area contributed by atoms with Gasteiger partial charge in [0.05, 0.1) is 11.0 Å². The van der Waals surface area contributed by atoms with Gasteiger partial charge in [-0.3, -0.25) is 4.79 Å². The van der Waals surface area contributed by atoms with E-state index in [2.05, 4.69) is 11.4 Å². The van der Waals surface area contributed by atoms with Crippen LogP contribution in [0.25, 0.3) is 0 Å². The normalized spacial score (nSPS) is 21.6. The SMILES string of the molecule is COC1(CC(Cl)c2ccc3c(c2)C(=O)NCC3)CCC1. The van der Waals surface area contributed by atoms with Crippen molar-refractivity contribution in [3.63, 3.8) is 0 Å². The molecule has 1 aromatic rings. The van der Waals surface area contributed by atoms with Gasteiger partial charge in [0, 0.05) is 19.2 Å². The number of carbonyl (C=O) groups is 1. The van der Waals surface area contributed by atoms with Crippen molar-refractivity contribution in [1.82, 2.24) is 5.32 Å². The van der Waals surface area contributed by atoms with Crippen LogP contribution in [0.4, 0.5) is 0 Å². The largest absolute Gasteiger partial charge is 0.378 e. The Labute approximate surface area is 124 Å². The molecule has 3 rings (SSSR count). The predicted octanol–water partition coefficient (Wildman–Crippen LogP) is 3.21. The molecule has 0 radical (unpaired) electrons. The van der Waals surface area contributed by atoms with E-state index in [0.29, 0.717) is 0 Å². The van der Waals surface area contributed by atoms with E-state index in [9.17, 15) is 4.79 Å². The van der Waals surface area contributed by atoms with Gasteiger partial charge in [0.15, 0.2) is 0 Å². The van der Waals surface area contributed by atoms with Gasteiger partial charge in [-0.15, -0.1) is 11.6 Å². The third kappa shape index (κ3) is 2.45. The lowest BCUT2D eigenvalue weighted by Gasteiger charge is -2.42. The summed E-state index contributed by atoms with van der Waals surface area (Å²) < 4.78 is 5.64. The minimum absolute atomic E-state index is 0.0158. The van der Waals surface area contributed by atoms with Gasteiger partial charge in [0.1, 0.15) is 0 Å². The van der Waals surface area contributed by atoms with Gasteiger partial charge in [0.25, 0.3) is 5.91 Å². The second-order valence-corrected chi connectivity index (χ2v) is 6.36. The number of hydrogen-bond donors (Lipinski definition) is 1. The predicted molar refractivity (Wildman–Crippen MR) is 79.3 cm³/mol. The van der Waals surface area contributed by atoms with Crippen molar-refractivity contribution < 1.29 is 9.53 Å². The molecule has 1 atom stereocenters. The van der Waals surface area contributed by atoms with Gasteiger partial charge in [0.2, 0.25) is 0 Å². The van der Waals surface area contributed by atoms with Crippen molar-refractivity contribution in [2.24, 2.45) is 0 Å². The van der Waals surface area contributed by atoms with Crippen molar-refractivity contribution >= 4 is 17.5 Å². The number of carbonyl (C=O) groups excluding carboxylic acids is 1. The third-order valence-electron chi connectivity index (χ3n) is 4.67. The van der Waals surface area contributed by atoms with Crippen LogP contribution in [0.1, 0.15) is 52.5 Å². The minimum Gasteiger partial charge on any atom is -0.378 e. The molecule has 0 aromatic heterocycles. The fourth-order valence-electron chi connectivity index (χ4n) is 3.13. The third-order valence-corrected chi connectivity index (χ3v) is 5.08. The monoisotopic (exact) mass is 293 g/mol. The maximum absolute atomic E-state index is 11.9. The molecule has 0 spiro atoms. The molecule has 1 heterocycles. The minimum atomic E-state index is -0.102. The van der Waals surface area contributed by atoms with Gasteiger partial charge < -0.3 is 10.1 Å². The molecule has 1 fully saturated rings. The number of hydrogen-bond acceptors (Lipinski definition) is 2. The first-order valence-electron chi connectivity index (χ1n) is 7.24. The quantitative estimate of drug-likeness (QED) is 0.866. The fraction of sp³-hybridized carbons (Fsp3) is 0.562. The maximum atomic E-state index is 11.9. The highest BCUT2D eigenvalue weighted by atomic mass is 35.5. The molecule has 1 aromatic carbocycles. The fourth-order valence-corrected chi connectivity index (χ4v) is 3.55. The van der Waals surface area contributed by atoms with Crippen LogP contribution in [0.3, 0.4) is 0 Å². The lowest BCUT2D eigenvalue weighted by molar-refractivity contribution is -0.0780. The summed E-state index contributed by atoms with van der Waals surface area (Å²) in [5.74, 6) is 0.0158. The lowest BCUT2D eigenvalue weighted by atomic mass is 9.76. The Morgan fingerprint density at radius 2 is 2.25 bits per heavy atom. The molecule has 108 valence electrons. The molecule has 3 nitrogen and oxygen atoms in total. The number of nitrogens with one attached hydrogen (secondary N) is 1. The van der Waals surface area contributed by atoms with Crippen molar-refractivity contribution in [1.29, 1.82) is 0 Å². The smallest absolute Gasteiger partial charge is 0.251 e. The van der Waals surface area contributed by atoms with Crippen LogP contribution in [-0.4, -0.2) is 25.2 Å². The van der Waals surface area contributed by atoms with Gasteiger partial charge in [-0.05, 0) is 49.3 Å². The van der Waals surface area contributed by atoms with E-state index in [-0.39, 0.29) is 16.9 Å². The topological polar surface area (TPSA) is 38.3 Å². The van der Waals surface area contributed by atoms with E-state index in [1.165, 1.54) is 6.42 Å². The molecule has 0 bridgehead atoms. The number of ether oxygens (including phenoxy) is 1. The summed E-state index contributed by atoms with van der Waals surface area (Å²) in [7, 11) is 1.77. The molecule has 1 unspecified atom stereocenters. The van der Waals surface area contributed by atoms with Gasteiger partial charge in [-0.2, -0.15) is 0 Å². The number of halogens is 1. The van der Waals surface area contributed by atoms with Crippen LogP contribution < -0.4 is 5.32 Å². The second-order valence-electron chi connectivity index (χ2n) is 5.83. The van der Waals surface area contributed by atoms with Gasteiger partial charge in [-0.25, -0.2) is 0 Å². The number of methoxy groups -OCH3 is 1. The Morgan fingerprint density at radius 1 is 1.45 bits per heavy atom. The van der Waals surface area contributed by atoms with Crippen LogP contribution in [0, 0.1) is 0 Å². The zero-order valence-corrected chi connectivity index (χ0v) is 12.5. The zero-order chi connectivity index (χ0) is 14.2. The molecule has 20 heavy (non-hydrogen) atoms. The number of benzene rings is 1. The average molecular weight is 294 g/mol. The Hall–Kier alpha value is -1.06. The van der Waals surface area contributed by atoms with Gasteiger partial charge in [-0.1, -0.05) is 12.1 Å². The summed E-state index contributed by atoms with van der Waals surface area (Å²) in [5.41, 5.74) is 2.86. The van der Waals surface area contributed by atoms with E-state index < -0.39 is 0 Å². The molecule has 1 aliphatic carbocycles. The summed E-state index contributed by atoms with van der Waals surface area (Å²) in [6.07, 6.45) is 5.09. The van der Waals surface area contributed by atoms with Crippen LogP contribution >= 0.6 is 11.6 Å². The van der Waals surface area contributed by atoms with E-state index in [4.69, 9.17) is 16.3 Å². The molecule has 1 amide bonds. The maximum Gasteiger partial charge on any atom is 0.251 e. The molecule has 1 saturated carbocycles. The highest BCUT2D eigenvalue weighted by Gasteiger charge is 2.39. The highest BCUT2D eigenvalue weighted by molar-refractivity contribution is 6.21. The Kier molecular flexibility index (Phi) is 3.74. The molecule has 2 aliphatic rings. The number of amides is 1. The summed E-state index contributed by atoms with van der Waals surface area (Å²) in [4.78, 5) is 11.9. The van der Waals surface area contributed by atoms with E-state index >= 15 is 0 Å². The zero-order valence-electron chi connectivity index (χ0n) is 11.7. The summed E-state index contributed by atoms with van der Waals surface area (Å²) in [6, 6.07) is 6.04. The van der Waals surface area contributed by atoms with Crippen molar-refractivity contribution in [3.05, 3.63) is 34.9 Å². The highest BCUT2D eigenvalue weighted by Crippen LogP contribution is 2.44. The second kappa shape index (κ2) is 5.38. The van der Waals surface area contributed by atoms with Crippen molar-refractivity contribution in [3.8, 4) is 0 Å². The van der Waals surface area contributed by atoms with E-state index in [1.807, 2.05) is 12.1 Å². The number of alkyl halides is 1. The van der Waals surface area contributed by atoms with Gasteiger partial charge >= 0.3 is 0 Å².